The summed E-state index contributed by atoms with van der Waals surface area (Å²) in [6, 6.07) is 2.82. The number of aryl methyl sites for hydroxylation is 1. The zero-order valence-corrected chi connectivity index (χ0v) is 17.7. The summed E-state index contributed by atoms with van der Waals surface area (Å²) in [5.41, 5.74) is 2.47. The summed E-state index contributed by atoms with van der Waals surface area (Å²) in [6.45, 7) is 10.9. The number of amides is 1. The van der Waals surface area contributed by atoms with Crippen molar-refractivity contribution in [2.24, 2.45) is 0 Å². The molecule has 0 aliphatic carbocycles. The van der Waals surface area contributed by atoms with Crippen LogP contribution in [0.3, 0.4) is 0 Å². The molecule has 0 spiro atoms. The van der Waals surface area contributed by atoms with Crippen LogP contribution in [0, 0.1) is 6.92 Å². The van der Waals surface area contributed by atoms with Crippen molar-refractivity contribution >= 4 is 6.09 Å². The van der Waals surface area contributed by atoms with E-state index >= 15 is 0 Å². The maximum atomic E-state index is 12.0. The van der Waals surface area contributed by atoms with E-state index in [1.807, 2.05) is 24.9 Å². The van der Waals surface area contributed by atoms with Crippen molar-refractivity contribution in [3.8, 4) is 5.88 Å². The van der Waals surface area contributed by atoms with Gasteiger partial charge < -0.3 is 19.3 Å². The van der Waals surface area contributed by atoms with Crippen LogP contribution in [0.15, 0.2) is 12.3 Å². The number of likely N-dealkylation sites (tertiary alicyclic amines) is 2. The minimum absolute atomic E-state index is 0.155. The highest BCUT2D eigenvalue weighted by molar-refractivity contribution is 5.67. The molecule has 0 aromatic carbocycles. The van der Waals surface area contributed by atoms with Crippen molar-refractivity contribution in [1.82, 2.24) is 14.8 Å². The third kappa shape index (κ3) is 5.16. The quantitative estimate of drug-likeness (QED) is 0.762. The molecule has 3 rings (SSSR count). The molecule has 3 heterocycles. The first kappa shape index (κ1) is 20.9. The van der Waals surface area contributed by atoms with E-state index in [0.29, 0.717) is 25.2 Å². The van der Waals surface area contributed by atoms with Crippen molar-refractivity contribution in [3.63, 3.8) is 0 Å². The number of hydrogen-bond donors (Lipinski definition) is 0. The predicted octanol–water partition coefficient (Wildman–Crippen LogP) is 3.98. The third-order valence-corrected chi connectivity index (χ3v) is 6.01. The van der Waals surface area contributed by atoms with Gasteiger partial charge in [0, 0.05) is 30.9 Å². The molecule has 0 bridgehead atoms. The molecule has 1 unspecified atom stereocenters. The van der Waals surface area contributed by atoms with Crippen LogP contribution < -0.4 is 4.74 Å². The molecule has 0 radical (unpaired) electrons. The van der Waals surface area contributed by atoms with Crippen LogP contribution in [-0.4, -0.2) is 66.3 Å². The van der Waals surface area contributed by atoms with E-state index in [9.17, 15) is 4.79 Å². The van der Waals surface area contributed by atoms with Gasteiger partial charge in [0.2, 0.25) is 5.88 Å². The Balaban J connectivity index is 1.56. The first-order chi connectivity index (χ1) is 13.6. The Morgan fingerprint density at radius 1 is 1.11 bits per heavy atom. The maximum absolute atomic E-state index is 12.0. The Morgan fingerprint density at radius 2 is 1.89 bits per heavy atom. The molecule has 1 amide bonds. The Hall–Kier alpha value is -1.82. The second-order valence-electron chi connectivity index (χ2n) is 7.92. The van der Waals surface area contributed by atoms with Crippen LogP contribution in [-0.2, 0) is 4.74 Å². The minimum atomic E-state index is -0.155. The molecule has 156 valence electrons. The highest BCUT2D eigenvalue weighted by atomic mass is 16.6. The fourth-order valence-electron chi connectivity index (χ4n) is 4.55. The normalized spacial score (nSPS) is 22.0. The lowest BCUT2D eigenvalue weighted by molar-refractivity contribution is 0.105. The number of rotatable bonds is 5. The van der Waals surface area contributed by atoms with E-state index in [1.165, 1.54) is 11.1 Å². The van der Waals surface area contributed by atoms with Gasteiger partial charge in [-0.1, -0.05) is 0 Å². The summed E-state index contributed by atoms with van der Waals surface area (Å²) in [4.78, 5) is 21.0. The number of piperidine rings is 1. The van der Waals surface area contributed by atoms with Gasteiger partial charge >= 0.3 is 6.09 Å². The first-order valence-electron chi connectivity index (χ1n) is 10.9. The summed E-state index contributed by atoms with van der Waals surface area (Å²) in [6.07, 6.45) is 7.28. The van der Waals surface area contributed by atoms with E-state index < -0.39 is 0 Å². The lowest BCUT2D eigenvalue weighted by Crippen LogP contribution is -2.41. The molecular formula is C22H35N3O3. The Morgan fingerprint density at radius 3 is 2.61 bits per heavy atom. The number of hydrogen-bond acceptors (Lipinski definition) is 5. The van der Waals surface area contributed by atoms with Crippen molar-refractivity contribution in [3.05, 3.63) is 23.4 Å². The van der Waals surface area contributed by atoms with Gasteiger partial charge in [-0.05, 0) is 83.5 Å². The Bertz CT molecular complexity index is 644. The van der Waals surface area contributed by atoms with Gasteiger partial charge in [0.15, 0.2) is 0 Å². The fraction of sp³-hybridized carbons (Fsp3) is 0.727. The minimum Gasteiger partial charge on any atom is -0.478 e. The van der Waals surface area contributed by atoms with E-state index in [2.05, 4.69) is 22.9 Å². The number of aromatic nitrogens is 1. The van der Waals surface area contributed by atoms with Gasteiger partial charge in [-0.25, -0.2) is 9.78 Å². The lowest BCUT2D eigenvalue weighted by atomic mass is 9.88. The van der Waals surface area contributed by atoms with Gasteiger partial charge in [-0.3, -0.25) is 0 Å². The summed E-state index contributed by atoms with van der Waals surface area (Å²) in [7, 11) is 0. The molecule has 6 heteroatoms. The lowest BCUT2D eigenvalue weighted by Gasteiger charge is -2.37. The SMILES string of the molecule is CCOC(=O)N1CCCC(N2CCC(c3cc(C)cnc3OCC)CC2)CC1. The summed E-state index contributed by atoms with van der Waals surface area (Å²) in [5.74, 6) is 1.33. The Kier molecular flexibility index (Phi) is 7.54. The van der Waals surface area contributed by atoms with Gasteiger partial charge in [0.1, 0.15) is 0 Å². The molecule has 2 saturated heterocycles. The largest absolute Gasteiger partial charge is 0.478 e. The number of carbonyl (C=O) groups excluding carboxylic acids is 1. The molecule has 6 nitrogen and oxygen atoms in total. The average molecular weight is 390 g/mol. The number of ether oxygens (including phenoxy) is 2. The smallest absolute Gasteiger partial charge is 0.409 e. The van der Waals surface area contributed by atoms with Crippen LogP contribution in [0.5, 0.6) is 5.88 Å². The van der Waals surface area contributed by atoms with E-state index in [4.69, 9.17) is 9.47 Å². The highest BCUT2D eigenvalue weighted by Crippen LogP contribution is 2.35. The average Bonchev–Trinajstić information content (AvgIpc) is 2.96. The van der Waals surface area contributed by atoms with E-state index in [0.717, 1.165) is 64.2 Å². The highest BCUT2D eigenvalue weighted by Gasteiger charge is 2.30. The van der Waals surface area contributed by atoms with Crippen LogP contribution in [0.25, 0.3) is 0 Å². The van der Waals surface area contributed by atoms with E-state index in [1.54, 1.807) is 0 Å². The van der Waals surface area contributed by atoms with Crippen molar-refractivity contribution in [2.75, 3.05) is 39.4 Å². The fourth-order valence-corrected chi connectivity index (χ4v) is 4.55. The Labute approximate surface area is 169 Å². The molecule has 28 heavy (non-hydrogen) atoms. The van der Waals surface area contributed by atoms with Crippen molar-refractivity contribution < 1.29 is 14.3 Å². The predicted molar refractivity (Wildman–Crippen MR) is 110 cm³/mol. The number of nitrogens with zero attached hydrogens (tertiary/aromatic N) is 3. The second-order valence-corrected chi connectivity index (χ2v) is 7.92. The molecule has 1 aromatic rings. The molecule has 2 aliphatic rings. The van der Waals surface area contributed by atoms with Gasteiger partial charge in [-0.2, -0.15) is 0 Å². The van der Waals surface area contributed by atoms with Crippen molar-refractivity contribution in [1.29, 1.82) is 0 Å². The summed E-state index contributed by atoms with van der Waals surface area (Å²) < 4.78 is 11.0. The molecule has 1 atom stereocenters. The molecular weight excluding hydrogens is 354 g/mol. The topological polar surface area (TPSA) is 54.9 Å². The number of pyridine rings is 1. The molecule has 0 N–H and O–H groups in total. The zero-order chi connectivity index (χ0) is 19.9. The molecule has 1 aromatic heterocycles. The van der Waals surface area contributed by atoms with Crippen molar-refractivity contribution in [2.45, 2.75) is 64.8 Å². The van der Waals surface area contributed by atoms with Crippen LogP contribution >= 0.6 is 0 Å². The molecule has 0 saturated carbocycles. The van der Waals surface area contributed by atoms with E-state index in [-0.39, 0.29) is 6.09 Å². The van der Waals surface area contributed by atoms with Gasteiger partial charge in [0.05, 0.1) is 13.2 Å². The number of carbonyl (C=O) groups is 1. The standard InChI is InChI=1S/C22H35N3O3/c1-4-27-21-20(15-17(3)16-23-21)18-8-12-24(13-9-18)19-7-6-11-25(14-10-19)22(26)28-5-2/h15-16,18-19H,4-14H2,1-3H3. The van der Waals surface area contributed by atoms with Crippen LogP contribution in [0.1, 0.15) is 63.0 Å². The summed E-state index contributed by atoms with van der Waals surface area (Å²) in [5, 5.41) is 0. The first-order valence-corrected chi connectivity index (χ1v) is 10.9. The monoisotopic (exact) mass is 389 g/mol. The maximum Gasteiger partial charge on any atom is 0.409 e. The van der Waals surface area contributed by atoms with Gasteiger partial charge in [-0.15, -0.1) is 0 Å². The van der Waals surface area contributed by atoms with Crippen LogP contribution in [0.4, 0.5) is 4.79 Å². The third-order valence-electron chi connectivity index (χ3n) is 6.01. The van der Waals surface area contributed by atoms with Gasteiger partial charge in [0.25, 0.3) is 0 Å². The second kappa shape index (κ2) is 10.1. The van der Waals surface area contributed by atoms with Crippen LogP contribution in [0.2, 0.25) is 0 Å². The zero-order valence-electron chi connectivity index (χ0n) is 17.7. The summed E-state index contributed by atoms with van der Waals surface area (Å²) >= 11 is 0. The molecule has 2 aliphatic heterocycles. The molecule has 2 fully saturated rings.